The fourth-order valence-electron chi connectivity index (χ4n) is 3.51. The number of nitrogens with one attached hydrogen (secondary N) is 1. The molecule has 1 aliphatic rings. The number of rotatable bonds is 5. The molecule has 1 aromatic carbocycles. The van der Waals surface area contributed by atoms with Gasteiger partial charge in [0.15, 0.2) is 0 Å². The average molecular weight is 284 g/mol. The molecule has 0 aliphatic heterocycles. The molecule has 21 heavy (non-hydrogen) atoms. The number of nitrogens with zero attached hydrogens (tertiary/aromatic N) is 1. The lowest BCUT2D eigenvalue weighted by Gasteiger charge is -2.30. The Hall–Kier alpha value is -1.45. The molecule has 1 fully saturated rings. The summed E-state index contributed by atoms with van der Waals surface area (Å²) in [6, 6.07) is 8.39. The number of hydrogen-bond acceptors (Lipinski definition) is 3. The molecule has 3 rings (SSSR count). The number of benzene rings is 1. The van der Waals surface area contributed by atoms with Gasteiger partial charge in [-0.2, -0.15) is 0 Å². The van der Waals surface area contributed by atoms with Crippen molar-refractivity contribution in [2.45, 2.75) is 32.2 Å². The molecular weight excluding hydrogens is 260 g/mol. The maximum absolute atomic E-state index is 9.48. The van der Waals surface area contributed by atoms with Crippen LogP contribution in [0, 0.1) is 11.8 Å². The predicted octanol–water partition coefficient (Wildman–Crippen LogP) is 3.12. The molecule has 2 aromatic rings. The second-order valence-corrected chi connectivity index (χ2v) is 6.14. The Kier molecular flexibility index (Phi) is 4.84. The molecule has 2 atom stereocenters. The first-order chi connectivity index (χ1) is 10.4. The Morgan fingerprint density at radius 2 is 1.90 bits per heavy atom. The van der Waals surface area contributed by atoms with Crippen LogP contribution in [0.5, 0.6) is 0 Å². The second-order valence-electron chi connectivity index (χ2n) is 6.14. The van der Waals surface area contributed by atoms with E-state index in [0.29, 0.717) is 18.4 Å². The minimum atomic E-state index is 0.335. The maximum Gasteiger partial charge on any atom is 0.0462 e. The molecule has 3 heteroatoms. The summed E-state index contributed by atoms with van der Waals surface area (Å²) in [7, 11) is 0. The molecule has 1 saturated carbocycles. The van der Waals surface area contributed by atoms with Gasteiger partial charge in [-0.05, 0) is 42.2 Å². The maximum atomic E-state index is 9.48. The zero-order valence-electron chi connectivity index (χ0n) is 12.5. The first kappa shape index (κ1) is 14.5. The van der Waals surface area contributed by atoms with Crippen LogP contribution in [0.1, 0.15) is 31.2 Å². The molecule has 3 nitrogen and oxygen atoms in total. The number of aliphatic hydroxyl groups is 1. The molecule has 2 unspecified atom stereocenters. The van der Waals surface area contributed by atoms with Crippen LogP contribution < -0.4 is 5.32 Å². The molecule has 0 amide bonds. The van der Waals surface area contributed by atoms with Crippen LogP contribution in [0.3, 0.4) is 0 Å². The van der Waals surface area contributed by atoms with E-state index in [4.69, 9.17) is 0 Å². The van der Waals surface area contributed by atoms with Crippen molar-refractivity contribution in [2.75, 3.05) is 13.2 Å². The topological polar surface area (TPSA) is 45.1 Å². The quantitative estimate of drug-likeness (QED) is 0.886. The van der Waals surface area contributed by atoms with Crippen LogP contribution in [0.2, 0.25) is 0 Å². The fraction of sp³-hybridized carbons (Fsp3) is 0.500. The highest BCUT2D eigenvalue weighted by molar-refractivity contribution is 5.84. The normalized spacial score (nSPS) is 22.5. The van der Waals surface area contributed by atoms with Crippen molar-refractivity contribution in [3.8, 4) is 0 Å². The van der Waals surface area contributed by atoms with Gasteiger partial charge in [-0.25, -0.2) is 0 Å². The lowest BCUT2D eigenvalue weighted by molar-refractivity contribution is 0.133. The van der Waals surface area contributed by atoms with Gasteiger partial charge in [0.25, 0.3) is 0 Å². The number of hydrogen-bond donors (Lipinski definition) is 2. The minimum absolute atomic E-state index is 0.335. The van der Waals surface area contributed by atoms with Crippen molar-refractivity contribution in [3.63, 3.8) is 0 Å². The number of aliphatic hydroxyl groups excluding tert-OH is 1. The summed E-state index contributed by atoms with van der Waals surface area (Å²) in [5, 5.41) is 15.5. The zero-order chi connectivity index (χ0) is 14.5. The van der Waals surface area contributed by atoms with Gasteiger partial charge < -0.3 is 10.4 Å². The van der Waals surface area contributed by atoms with E-state index in [2.05, 4.69) is 34.6 Å². The summed E-state index contributed by atoms with van der Waals surface area (Å²) in [5.74, 6) is 1.10. The van der Waals surface area contributed by atoms with Crippen LogP contribution >= 0.6 is 0 Å². The molecule has 112 valence electrons. The molecule has 1 heterocycles. The third kappa shape index (κ3) is 3.42. The van der Waals surface area contributed by atoms with Crippen molar-refractivity contribution in [2.24, 2.45) is 11.8 Å². The third-order valence-electron chi connectivity index (χ3n) is 4.77. The molecule has 1 aromatic heterocycles. The van der Waals surface area contributed by atoms with Gasteiger partial charge in [-0.3, -0.25) is 4.98 Å². The van der Waals surface area contributed by atoms with E-state index in [1.807, 2.05) is 12.4 Å². The van der Waals surface area contributed by atoms with E-state index >= 15 is 0 Å². The van der Waals surface area contributed by atoms with E-state index in [9.17, 15) is 5.11 Å². The summed E-state index contributed by atoms with van der Waals surface area (Å²) in [6.07, 6.45) is 8.87. The van der Waals surface area contributed by atoms with Gasteiger partial charge in [0, 0.05) is 30.9 Å². The first-order valence-corrected chi connectivity index (χ1v) is 8.01. The summed E-state index contributed by atoms with van der Waals surface area (Å²) in [6.45, 7) is 2.18. The van der Waals surface area contributed by atoms with Crippen molar-refractivity contribution in [3.05, 3.63) is 42.2 Å². The Bertz CT molecular complexity index is 579. The van der Waals surface area contributed by atoms with Gasteiger partial charge in [-0.1, -0.05) is 37.1 Å². The Morgan fingerprint density at radius 3 is 2.76 bits per heavy atom. The summed E-state index contributed by atoms with van der Waals surface area (Å²) < 4.78 is 0. The van der Waals surface area contributed by atoms with Crippen LogP contribution in [0.4, 0.5) is 0 Å². The molecule has 0 saturated heterocycles. The molecule has 0 bridgehead atoms. The van der Waals surface area contributed by atoms with E-state index in [1.54, 1.807) is 0 Å². The molecule has 2 N–H and O–H groups in total. The van der Waals surface area contributed by atoms with Gasteiger partial charge in [0.1, 0.15) is 0 Å². The van der Waals surface area contributed by atoms with Crippen LogP contribution in [0.15, 0.2) is 36.7 Å². The molecule has 1 aliphatic carbocycles. The molecule has 0 radical (unpaired) electrons. The number of fused-ring (bicyclic) bond motifs is 1. The Labute approximate surface area is 126 Å². The van der Waals surface area contributed by atoms with Crippen LogP contribution in [-0.2, 0) is 6.54 Å². The van der Waals surface area contributed by atoms with Crippen molar-refractivity contribution < 1.29 is 5.11 Å². The Balaban J connectivity index is 1.61. The lowest BCUT2D eigenvalue weighted by atomic mass is 9.79. The highest BCUT2D eigenvalue weighted by atomic mass is 16.3. The number of aromatic nitrogens is 1. The third-order valence-corrected chi connectivity index (χ3v) is 4.77. The summed E-state index contributed by atoms with van der Waals surface area (Å²) >= 11 is 0. The monoisotopic (exact) mass is 284 g/mol. The van der Waals surface area contributed by atoms with Crippen molar-refractivity contribution in [1.82, 2.24) is 10.3 Å². The van der Waals surface area contributed by atoms with E-state index in [-0.39, 0.29) is 0 Å². The van der Waals surface area contributed by atoms with Crippen molar-refractivity contribution in [1.29, 1.82) is 0 Å². The predicted molar refractivity (Wildman–Crippen MR) is 86.0 cm³/mol. The van der Waals surface area contributed by atoms with Gasteiger partial charge >= 0.3 is 0 Å². The Morgan fingerprint density at radius 1 is 1.10 bits per heavy atom. The average Bonchev–Trinajstić information content (AvgIpc) is 2.55. The standard InChI is InChI=1S/C18H24N2O/c21-13-16-7-2-1-5-14(16)9-19-11-17-12-20-10-15-6-3-4-8-18(15)17/h3-4,6,8,10,12,14,16,19,21H,1-2,5,7,9,11,13H2. The minimum Gasteiger partial charge on any atom is -0.396 e. The number of pyridine rings is 1. The second kappa shape index (κ2) is 7.01. The van der Waals surface area contributed by atoms with E-state index in [0.717, 1.165) is 13.1 Å². The van der Waals surface area contributed by atoms with Crippen molar-refractivity contribution >= 4 is 10.8 Å². The smallest absolute Gasteiger partial charge is 0.0462 e. The summed E-state index contributed by atoms with van der Waals surface area (Å²) in [5.41, 5.74) is 1.25. The highest BCUT2D eigenvalue weighted by Crippen LogP contribution is 2.29. The molecule has 0 spiro atoms. The lowest BCUT2D eigenvalue weighted by Crippen LogP contribution is -2.32. The highest BCUT2D eigenvalue weighted by Gasteiger charge is 2.23. The van der Waals surface area contributed by atoms with Crippen LogP contribution in [0.25, 0.3) is 10.8 Å². The fourth-order valence-corrected chi connectivity index (χ4v) is 3.51. The van der Waals surface area contributed by atoms with Gasteiger partial charge in [0.05, 0.1) is 0 Å². The zero-order valence-corrected chi connectivity index (χ0v) is 12.5. The van der Waals surface area contributed by atoms with Gasteiger partial charge in [0.2, 0.25) is 0 Å². The summed E-state index contributed by atoms with van der Waals surface area (Å²) in [4.78, 5) is 4.33. The first-order valence-electron chi connectivity index (χ1n) is 8.01. The largest absolute Gasteiger partial charge is 0.396 e. The van der Waals surface area contributed by atoms with Crippen LogP contribution in [-0.4, -0.2) is 23.2 Å². The van der Waals surface area contributed by atoms with Gasteiger partial charge in [-0.15, -0.1) is 0 Å². The van der Waals surface area contributed by atoms with E-state index < -0.39 is 0 Å². The SMILES string of the molecule is OCC1CCCCC1CNCc1cncc2ccccc12. The van der Waals surface area contributed by atoms with E-state index in [1.165, 1.54) is 42.0 Å². The molecular formula is C18H24N2O.